The van der Waals surface area contributed by atoms with Gasteiger partial charge in [-0.3, -0.25) is 9.59 Å². The van der Waals surface area contributed by atoms with E-state index in [1.807, 2.05) is 31.2 Å². The number of anilines is 2. The van der Waals surface area contributed by atoms with E-state index in [9.17, 15) is 9.59 Å². The lowest BCUT2D eigenvalue weighted by atomic mass is 10.2. The lowest BCUT2D eigenvalue weighted by Crippen LogP contribution is -2.25. The van der Waals surface area contributed by atoms with Crippen molar-refractivity contribution in [2.75, 3.05) is 23.4 Å². The maximum atomic E-state index is 12.5. The molecule has 2 aromatic rings. The van der Waals surface area contributed by atoms with Gasteiger partial charge in [0.05, 0.1) is 18.0 Å². The van der Waals surface area contributed by atoms with E-state index >= 15 is 0 Å². The lowest BCUT2D eigenvalue weighted by molar-refractivity contribution is -0.117. The molecule has 0 aliphatic carbocycles. The van der Waals surface area contributed by atoms with Crippen molar-refractivity contribution in [1.29, 1.82) is 0 Å². The second-order valence-corrected chi connectivity index (χ2v) is 5.99. The number of carbonyl (C=O) groups excluding carboxylic acids is 2. The molecule has 5 nitrogen and oxygen atoms in total. The zero-order chi connectivity index (χ0) is 17.6. The van der Waals surface area contributed by atoms with Crippen LogP contribution in [0.15, 0.2) is 48.5 Å². The molecule has 2 aromatic carbocycles. The Morgan fingerprint density at radius 1 is 1.16 bits per heavy atom. The second-order valence-electron chi connectivity index (χ2n) is 5.99. The minimum absolute atomic E-state index is 0.0964. The van der Waals surface area contributed by atoms with E-state index in [0.717, 1.165) is 24.3 Å². The molecular formula is C20H22N2O3. The summed E-state index contributed by atoms with van der Waals surface area (Å²) in [5, 5.41) is 2.91. The Hall–Kier alpha value is -2.82. The highest BCUT2D eigenvalue weighted by molar-refractivity contribution is 6.08. The average molecular weight is 338 g/mol. The maximum absolute atomic E-state index is 12.5. The summed E-state index contributed by atoms with van der Waals surface area (Å²) >= 11 is 0. The van der Waals surface area contributed by atoms with Crippen LogP contribution in [-0.4, -0.2) is 25.0 Å². The zero-order valence-electron chi connectivity index (χ0n) is 14.3. The van der Waals surface area contributed by atoms with Gasteiger partial charge >= 0.3 is 0 Å². The van der Waals surface area contributed by atoms with Crippen LogP contribution in [0.4, 0.5) is 11.4 Å². The molecule has 1 fully saturated rings. The van der Waals surface area contributed by atoms with Crippen molar-refractivity contribution in [3.05, 3.63) is 54.1 Å². The van der Waals surface area contributed by atoms with Crippen molar-refractivity contribution in [3.8, 4) is 5.75 Å². The first-order chi connectivity index (χ1) is 12.2. The summed E-state index contributed by atoms with van der Waals surface area (Å²) in [6.45, 7) is 3.39. The predicted molar refractivity (Wildman–Crippen MR) is 98.2 cm³/mol. The monoisotopic (exact) mass is 338 g/mol. The van der Waals surface area contributed by atoms with Gasteiger partial charge in [0.15, 0.2) is 0 Å². The van der Waals surface area contributed by atoms with Gasteiger partial charge in [-0.2, -0.15) is 0 Å². The summed E-state index contributed by atoms with van der Waals surface area (Å²) < 4.78 is 5.53. The molecule has 1 heterocycles. The van der Waals surface area contributed by atoms with Crippen LogP contribution in [0.25, 0.3) is 0 Å². The topological polar surface area (TPSA) is 58.6 Å². The van der Waals surface area contributed by atoms with Crippen molar-refractivity contribution in [1.82, 2.24) is 0 Å². The third-order valence-electron chi connectivity index (χ3n) is 4.11. The van der Waals surface area contributed by atoms with E-state index in [-0.39, 0.29) is 11.8 Å². The molecule has 2 amide bonds. The number of nitrogens with zero attached hydrogens (tertiary/aromatic N) is 1. The Kier molecular flexibility index (Phi) is 5.33. The molecule has 0 atom stereocenters. The fraction of sp³-hybridized carbons (Fsp3) is 0.300. The summed E-state index contributed by atoms with van der Waals surface area (Å²) in [6, 6.07) is 14.5. The molecule has 1 N–H and O–H groups in total. The third kappa shape index (κ3) is 3.99. The minimum Gasteiger partial charge on any atom is -0.494 e. The number of hydrogen-bond acceptors (Lipinski definition) is 3. The lowest BCUT2D eigenvalue weighted by Gasteiger charge is -2.20. The molecule has 130 valence electrons. The quantitative estimate of drug-likeness (QED) is 0.870. The predicted octanol–water partition coefficient (Wildman–Crippen LogP) is 3.85. The van der Waals surface area contributed by atoms with Gasteiger partial charge in [0, 0.05) is 18.5 Å². The molecule has 1 saturated heterocycles. The highest BCUT2D eigenvalue weighted by atomic mass is 16.5. The molecule has 0 spiro atoms. The summed E-state index contributed by atoms with van der Waals surface area (Å²) in [4.78, 5) is 26.3. The largest absolute Gasteiger partial charge is 0.494 e. The van der Waals surface area contributed by atoms with Crippen LogP contribution in [0.1, 0.15) is 36.5 Å². The van der Waals surface area contributed by atoms with E-state index in [2.05, 4.69) is 5.32 Å². The molecule has 0 radical (unpaired) electrons. The third-order valence-corrected chi connectivity index (χ3v) is 4.11. The average Bonchev–Trinajstić information content (AvgIpc) is 3.06. The normalized spacial score (nSPS) is 13.8. The van der Waals surface area contributed by atoms with Crippen LogP contribution >= 0.6 is 0 Å². The van der Waals surface area contributed by atoms with Crippen molar-refractivity contribution in [2.45, 2.75) is 26.2 Å². The SMILES string of the molecule is CCCOc1ccc(C(=O)Nc2ccccc2N2CCCC2=O)cc1. The Morgan fingerprint density at radius 2 is 1.92 bits per heavy atom. The van der Waals surface area contributed by atoms with Gasteiger partial charge in [0.1, 0.15) is 5.75 Å². The van der Waals surface area contributed by atoms with E-state index in [4.69, 9.17) is 4.74 Å². The van der Waals surface area contributed by atoms with E-state index in [0.29, 0.717) is 30.8 Å². The molecule has 1 aliphatic rings. The molecule has 0 saturated carbocycles. The van der Waals surface area contributed by atoms with Crippen LogP contribution in [0.2, 0.25) is 0 Å². The zero-order valence-corrected chi connectivity index (χ0v) is 14.3. The fourth-order valence-corrected chi connectivity index (χ4v) is 2.83. The molecular weight excluding hydrogens is 316 g/mol. The number of para-hydroxylation sites is 2. The first-order valence-corrected chi connectivity index (χ1v) is 8.62. The van der Waals surface area contributed by atoms with Gasteiger partial charge in [0.25, 0.3) is 5.91 Å². The highest BCUT2D eigenvalue weighted by Gasteiger charge is 2.24. The second kappa shape index (κ2) is 7.83. The number of carbonyl (C=O) groups is 2. The summed E-state index contributed by atoms with van der Waals surface area (Å²) in [5.41, 5.74) is 1.95. The number of benzene rings is 2. The highest BCUT2D eigenvalue weighted by Crippen LogP contribution is 2.29. The fourth-order valence-electron chi connectivity index (χ4n) is 2.83. The van der Waals surface area contributed by atoms with Gasteiger partial charge < -0.3 is 15.0 Å². The summed E-state index contributed by atoms with van der Waals surface area (Å²) in [6.07, 6.45) is 2.34. The van der Waals surface area contributed by atoms with Crippen LogP contribution in [-0.2, 0) is 4.79 Å². The maximum Gasteiger partial charge on any atom is 0.255 e. The Labute approximate surface area is 147 Å². The van der Waals surface area contributed by atoms with Gasteiger partial charge in [-0.25, -0.2) is 0 Å². The van der Waals surface area contributed by atoms with Crippen LogP contribution in [0, 0.1) is 0 Å². The minimum atomic E-state index is -0.207. The molecule has 5 heteroatoms. The Balaban J connectivity index is 1.74. The molecule has 0 aromatic heterocycles. The van der Waals surface area contributed by atoms with Crippen LogP contribution in [0.3, 0.4) is 0 Å². The van der Waals surface area contributed by atoms with Gasteiger partial charge in [-0.05, 0) is 49.2 Å². The Bertz CT molecular complexity index is 756. The van der Waals surface area contributed by atoms with Gasteiger partial charge in [-0.15, -0.1) is 0 Å². The number of rotatable bonds is 6. The molecule has 1 aliphatic heterocycles. The number of nitrogens with one attached hydrogen (secondary N) is 1. The van der Waals surface area contributed by atoms with Crippen molar-refractivity contribution < 1.29 is 14.3 Å². The van der Waals surface area contributed by atoms with E-state index < -0.39 is 0 Å². The molecule has 0 bridgehead atoms. The van der Waals surface area contributed by atoms with Gasteiger partial charge in [0.2, 0.25) is 5.91 Å². The molecule has 0 unspecified atom stereocenters. The van der Waals surface area contributed by atoms with Crippen molar-refractivity contribution >= 4 is 23.2 Å². The number of amides is 2. The number of ether oxygens (including phenoxy) is 1. The van der Waals surface area contributed by atoms with Crippen molar-refractivity contribution in [2.24, 2.45) is 0 Å². The Morgan fingerprint density at radius 3 is 2.60 bits per heavy atom. The first kappa shape index (κ1) is 17.0. The van der Waals surface area contributed by atoms with Crippen LogP contribution in [0.5, 0.6) is 5.75 Å². The van der Waals surface area contributed by atoms with Gasteiger partial charge in [-0.1, -0.05) is 19.1 Å². The van der Waals surface area contributed by atoms with Crippen molar-refractivity contribution in [3.63, 3.8) is 0 Å². The van der Waals surface area contributed by atoms with E-state index in [1.165, 1.54) is 0 Å². The standard InChI is InChI=1S/C20H22N2O3/c1-2-14-25-16-11-9-15(10-12-16)20(24)21-17-6-3-4-7-18(17)22-13-5-8-19(22)23/h3-4,6-7,9-12H,2,5,8,13-14H2,1H3,(H,21,24). The smallest absolute Gasteiger partial charge is 0.255 e. The van der Waals surface area contributed by atoms with E-state index in [1.54, 1.807) is 29.2 Å². The summed E-state index contributed by atoms with van der Waals surface area (Å²) in [7, 11) is 0. The molecule has 25 heavy (non-hydrogen) atoms. The number of hydrogen-bond donors (Lipinski definition) is 1. The first-order valence-electron chi connectivity index (χ1n) is 8.62. The van der Waals surface area contributed by atoms with Crippen LogP contribution < -0.4 is 15.0 Å². The summed E-state index contributed by atoms with van der Waals surface area (Å²) in [5.74, 6) is 0.640. The molecule has 3 rings (SSSR count).